The van der Waals surface area contributed by atoms with E-state index in [0.29, 0.717) is 34.3 Å². The number of fused-ring (bicyclic) bond motifs is 3. The predicted molar refractivity (Wildman–Crippen MR) is 168 cm³/mol. The molecule has 6 nitrogen and oxygen atoms in total. The summed E-state index contributed by atoms with van der Waals surface area (Å²) >= 11 is 2.81. The summed E-state index contributed by atoms with van der Waals surface area (Å²) in [6.45, 7) is 6.79. The van der Waals surface area contributed by atoms with Gasteiger partial charge >= 0.3 is 0 Å². The van der Waals surface area contributed by atoms with Gasteiger partial charge < -0.3 is 4.74 Å². The molecule has 5 aromatic rings. The summed E-state index contributed by atoms with van der Waals surface area (Å²) in [5, 5.41) is 1.17. The van der Waals surface area contributed by atoms with E-state index in [-0.39, 0.29) is 23.3 Å². The number of hydrogen-bond acceptors (Lipinski definition) is 6. The third kappa shape index (κ3) is 5.47. The summed E-state index contributed by atoms with van der Waals surface area (Å²) in [5.41, 5.74) is 4.32. The lowest BCUT2D eigenvalue weighted by Crippen LogP contribution is -2.29. The van der Waals surface area contributed by atoms with Crippen LogP contribution in [-0.2, 0) is 22.6 Å². The third-order valence-corrected chi connectivity index (χ3v) is 9.34. The Morgan fingerprint density at radius 2 is 1.73 bits per heavy atom. The number of aryl methyl sites for hydroxylation is 1. The van der Waals surface area contributed by atoms with E-state index < -0.39 is 0 Å². The van der Waals surface area contributed by atoms with Crippen molar-refractivity contribution >= 4 is 50.6 Å². The maximum Gasteiger partial charge on any atom is 0.267 e. The van der Waals surface area contributed by atoms with Crippen molar-refractivity contribution in [3.8, 4) is 5.69 Å². The van der Waals surface area contributed by atoms with Crippen LogP contribution in [0.15, 0.2) is 94.9 Å². The van der Waals surface area contributed by atoms with Crippen LogP contribution in [0.2, 0.25) is 0 Å². The van der Waals surface area contributed by atoms with Crippen LogP contribution >= 0.6 is 23.1 Å². The first-order valence-corrected chi connectivity index (χ1v) is 15.5. The van der Waals surface area contributed by atoms with Crippen molar-refractivity contribution in [2.24, 2.45) is 5.92 Å². The smallest absolute Gasteiger partial charge is 0.267 e. The maximum absolute atomic E-state index is 14.3. The number of nitrogens with zero attached hydrogens (tertiary/aromatic N) is 3. The van der Waals surface area contributed by atoms with Crippen molar-refractivity contribution in [2.75, 3.05) is 10.7 Å². The quantitative estimate of drug-likeness (QED) is 0.149. The summed E-state index contributed by atoms with van der Waals surface area (Å²) in [4.78, 5) is 36.6. The average Bonchev–Trinajstić information content (AvgIpc) is 3.35. The van der Waals surface area contributed by atoms with E-state index in [1.165, 1.54) is 23.1 Å². The summed E-state index contributed by atoms with van der Waals surface area (Å²) in [5.74, 6) is 0.358. The zero-order valence-corrected chi connectivity index (χ0v) is 24.9. The fourth-order valence-electron chi connectivity index (χ4n) is 5.21. The number of aromatic nitrogens is 2. The molecule has 1 aliphatic heterocycles. The number of thioether (sulfide) groups is 1. The standard InChI is InChI=1S/C33H31N3O3S2/c1-21(2)27-18-26-28(19-39-27)41-31-30(26)32(38)36(25-16-10-11-22(3)17-25)33(34-31)40-20-29(37)35(23-12-6-4-7-13-23)24-14-8-5-9-15-24/h4-17,21,27H,18-20H2,1-3H3/t27-/m0/s1. The van der Waals surface area contributed by atoms with Crippen LogP contribution in [0.3, 0.4) is 0 Å². The van der Waals surface area contributed by atoms with E-state index in [2.05, 4.69) is 13.8 Å². The molecular formula is C33H31N3O3S2. The Labute approximate surface area is 247 Å². The van der Waals surface area contributed by atoms with E-state index in [9.17, 15) is 9.59 Å². The van der Waals surface area contributed by atoms with Gasteiger partial charge in [0, 0.05) is 22.7 Å². The number of thiophene rings is 1. The Bertz CT molecular complexity index is 1720. The summed E-state index contributed by atoms with van der Waals surface area (Å²) in [7, 11) is 0. The molecule has 208 valence electrons. The number of anilines is 2. The van der Waals surface area contributed by atoms with E-state index in [4.69, 9.17) is 9.72 Å². The van der Waals surface area contributed by atoms with E-state index in [0.717, 1.165) is 33.1 Å². The van der Waals surface area contributed by atoms with E-state index in [1.807, 2.05) is 91.9 Å². The molecule has 0 saturated heterocycles. The van der Waals surface area contributed by atoms with Crippen molar-refractivity contribution in [1.82, 2.24) is 9.55 Å². The Morgan fingerprint density at radius 1 is 1.05 bits per heavy atom. The highest BCUT2D eigenvalue weighted by Gasteiger charge is 2.29. The molecular weight excluding hydrogens is 551 g/mol. The second-order valence-corrected chi connectivity index (χ2v) is 12.6. The van der Waals surface area contributed by atoms with Crippen LogP contribution in [0.5, 0.6) is 0 Å². The lowest BCUT2D eigenvalue weighted by Gasteiger charge is -2.26. The molecule has 2 aromatic heterocycles. The summed E-state index contributed by atoms with van der Waals surface area (Å²) < 4.78 is 7.78. The fraction of sp³-hybridized carbons (Fsp3) is 0.242. The number of para-hydroxylation sites is 2. The lowest BCUT2D eigenvalue weighted by atomic mass is 9.96. The number of amides is 1. The van der Waals surface area contributed by atoms with Crippen molar-refractivity contribution in [3.63, 3.8) is 0 Å². The Hall–Kier alpha value is -3.72. The number of ether oxygens (including phenoxy) is 1. The number of carbonyl (C=O) groups is 1. The largest absolute Gasteiger partial charge is 0.372 e. The minimum Gasteiger partial charge on any atom is -0.372 e. The van der Waals surface area contributed by atoms with Gasteiger partial charge in [-0.15, -0.1) is 11.3 Å². The molecule has 0 radical (unpaired) electrons. The van der Waals surface area contributed by atoms with Gasteiger partial charge in [-0.3, -0.25) is 19.1 Å². The molecule has 0 N–H and O–H groups in total. The molecule has 0 aliphatic carbocycles. The van der Waals surface area contributed by atoms with Gasteiger partial charge in [-0.25, -0.2) is 4.98 Å². The van der Waals surface area contributed by atoms with Crippen LogP contribution in [0.25, 0.3) is 15.9 Å². The molecule has 1 amide bonds. The molecule has 0 saturated carbocycles. The van der Waals surface area contributed by atoms with Crippen LogP contribution in [0, 0.1) is 12.8 Å². The van der Waals surface area contributed by atoms with Crippen molar-refractivity contribution in [3.05, 3.63) is 111 Å². The first-order chi connectivity index (χ1) is 19.9. The van der Waals surface area contributed by atoms with Gasteiger partial charge in [-0.2, -0.15) is 0 Å². The topological polar surface area (TPSA) is 64.4 Å². The molecule has 0 unspecified atom stereocenters. The zero-order valence-electron chi connectivity index (χ0n) is 23.2. The van der Waals surface area contributed by atoms with Crippen LogP contribution in [0.1, 0.15) is 29.9 Å². The average molecular weight is 582 g/mol. The highest BCUT2D eigenvalue weighted by Crippen LogP contribution is 2.36. The molecule has 0 spiro atoms. The minimum absolute atomic E-state index is 0.0701. The highest BCUT2D eigenvalue weighted by atomic mass is 32.2. The third-order valence-electron chi connectivity index (χ3n) is 7.32. The van der Waals surface area contributed by atoms with Gasteiger partial charge in [0.05, 0.1) is 29.5 Å². The normalized spacial score (nSPS) is 14.8. The SMILES string of the molecule is Cc1cccc(-n2c(SCC(=O)N(c3ccccc3)c3ccccc3)nc3sc4c(c3c2=O)C[C@@H](C(C)C)OC4)c1. The van der Waals surface area contributed by atoms with Gasteiger partial charge in [0.2, 0.25) is 5.91 Å². The molecule has 1 aliphatic rings. The first kappa shape index (κ1) is 27.4. The number of rotatable bonds is 7. The monoisotopic (exact) mass is 581 g/mol. The van der Waals surface area contributed by atoms with E-state index >= 15 is 0 Å². The van der Waals surface area contributed by atoms with Gasteiger partial charge in [0.1, 0.15) is 4.83 Å². The zero-order chi connectivity index (χ0) is 28.5. The summed E-state index contributed by atoms with van der Waals surface area (Å²) in [6.07, 6.45) is 0.770. The highest BCUT2D eigenvalue weighted by molar-refractivity contribution is 7.99. The van der Waals surface area contributed by atoms with Crippen LogP contribution in [0.4, 0.5) is 11.4 Å². The lowest BCUT2D eigenvalue weighted by molar-refractivity contribution is -0.115. The number of hydrogen-bond donors (Lipinski definition) is 0. The Morgan fingerprint density at radius 3 is 2.37 bits per heavy atom. The van der Waals surface area contributed by atoms with Crippen molar-refractivity contribution in [2.45, 2.75) is 45.1 Å². The molecule has 1 atom stereocenters. The van der Waals surface area contributed by atoms with Crippen molar-refractivity contribution in [1.29, 1.82) is 0 Å². The second-order valence-electron chi connectivity index (χ2n) is 10.5. The Kier molecular flexibility index (Phi) is 7.79. The van der Waals surface area contributed by atoms with Gasteiger partial charge in [-0.1, -0.05) is 74.1 Å². The van der Waals surface area contributed by atoms with Crippen LogP contribution in [-0.4, -0.2) is 27.3 Å². The molecule has 3 heterocycles. The van der Waals surface area contributed by atoms with Gasteiger partial charge in [0.25, 0.3) is 5.56 Å². The number of carbonyl (C=O) groups excluding carboxylic acids is 1. The molecule has 0 fully saturated rings. The fourth-order valence-corrected chi connectivity index (χ4v) is 7.24. The molecule has 6 rings (SSSR count). The Balaban J connectivity index is 1.42. The second kappa shape index (κ2) is 11.6. The molecule has 0 bridgehead atoms. The molecule has 3 aromatic carbocycles. The minimum atomic E-state index is -0.101. The first-order valence-electron chi connectivity index (χ1n) is 13.7. The maximum atomic E-state index is 14.3. The predicted octanol–water partition coefficient (Wildman–Crippen LogP) is 7.31. The van der Waals surface area contributed by atoms with E-state index in [1.54, 1.807) is 9.47 Å². The molecule has 41 heavy (non-hydrogen) atoms. The van der Waals surface area contributed by atoms with Gasteiger partial charge in [0.15, 0.2) is 5.16 Å². The van der Waals surface area contributed by atoms with Crippen LogP contribution < -0.4 is 10.5 Å². The van der Waals surface area contributed by atoms with Crippen molar-refractivity contribution < 1.29 is 9.53 Å². The summed E-state index contributed by atoms with van der Waals surface area (Å²) in [6, 6.07) is 27.1. The van der Waals surface area contributed by atoms with Gasteiger partial charge in [-0.05, 0) is 60.4 Å². The number of benzene rings is 3. The molecule has 8 heteroatoms.